The maximum Gasteiger partial charge on any atom is 0.337 e. The first-order valence-corrected chi connectivity index (χ1v) is 15.0. The third-order valence-corrected chi connectivity index (χ3v) is 7.83. The average Bonchev–Trinajstić information content (AvgIpc) is 3.03. The number of nitrogens with zero attached hydrogens (tertiary/aromatic N) is 2. The summed E-state index contributed by atoms with van der Waals surface area (Å²) in [5, 5.41) is 11.1. The maximum absolute atomic E-state index is 12.0. The van der Waals surface area contributed by atoms with Gasteiger partial charge in [-0.1, -0.05) is 60.1 Å². The van der Waals surface area contributed by atoms with Crippen LogP contribution in [0.15, 0.2) is 85.2 Å². The van der Waals surface area contributed by atoms with Gasteiger partial charge in [0.2, 0.25) is 0 Å². The van der Waals surface area contributed by atoms with E-state index in [0.29, 0.717) is 5.56 Å². The fraction of sp³-hybridized carbons (Fsp3) is 0.286. The monoisotopic (exact) mass is 580 g/mol. The predicted octanol–water partition coefficient (Wildman–Crippen LogP) is 7.37. The molecule has 0 radical (unpaired) electrons. The normalized spacial score (nSPS) is 11.3. The quantitative estimate of drug-likeness (QED) is 0.0811. The minimum absolute atomic E-state index is 0.355. The number of aromatic nitrogens is 2. The van der Waals surface area contributed by atoms with Gasteiger partial charge in [0, 0.05) is 51.4 Å². The third kappa shape index (κ3) is 7.51. The molecule has 0 saturated heterocycles. The van der Waals surface area contributed by atoms with Crippen LogP contribution in [-0.4, -0.2) is 42.7 Å². The molecule has 3 aromatic carbocycles. The van der Waals surface area contributed by atoms with E-state index in [4.69, 9.17) is 21.3 Å². The summed E-state index contributed by atoms with van der Waals surface area (Å²) in [4.78, 5) is 21.3. The van der Waals surface area contributed by atoms with Gasteiger partial charge in [-0.15, -0.1) is 0 Å². The Balaban J connectivity index is 1.00. The fourth-order valence-corrected chi connectivity index (χ4v) is 5.59. The van der Waals surface area contributed by atoms with Gasteiger partial charge >= 0.3 is 5.97 Å². The van der Waals surface area contributed by atoms with E-state index < -0.39 is 0 Å². The molecule has 0 aliphatic rings. The van der Waals surface area contributed by atoms with Crippen molar-refractivity contribution in [2.75, 3.05) is 26.7 Å². The number of unbranched alkanes of at least 4 members (excludes halogenated alkanes) is 2. The van der Waals surface area contributed by atoms with Crippen molar-refractivity contribution >= 4 is 39.2 Å². The average molecular weight is 581 g/mol. The van der Waals surface area contributed by atoms with Crippen LogP contribution in [0.5, 0.6) is 0 Å². The number of pyridine rings is 2. The molecule has 0 saturated carbocycles. The SMILES string of the molecule is COC(=O)c1ccc2c(c1)nc(CCCCNCCCCNCc1ccc(-c3ccccc3)c(Cl)c1)c1ccncc12. The number of methoxy groups -OCH3 is 1. The maximum atomic E-state index is 12.0. The third-order valence-electron chi connectivity index (χ3n) is 7.52. The first kappa shape index (κ1) is 29.6. The molecule has 42 heavy (non-hydrogen) atoms. The van der Waals surface area contributed by atoms with Gasteiger partial charge in [-0.3, -0.25) is 9.97 Å². The number of hydrogen-bond donors (Lipinski definition) is 2. The highest BCUT2D eigenvalue weighted by Gasteiger charge is 2.12. The molecule has 0 fully saturated rings. The van der Waals surface area contributed by atoms with Crippen molar-refractivity contribution in [3.05, 3.63) is 107 Å². The fourth-order valence-electron chi connectivity index (χ4n) is 5.27. The highest BCUT2D eigenvalue weighted by molar-refractivity contribution is 6.33. The Kier molecular flexibility index (Phi) is 10.5. The van der Waals surface area contributed by atoms with E-state index in [1.54, 1.807) is 6.07 Å². The van der Waals surface area contributed by atoms with Crippen molar-refractivity contribution in [2.24, 2.45) is 0 Å². The molecule has 0 atom stereocenters. The predicted molar refractivity (Wildman–Crippen MR) is 172 cm³/mol. The largest absolute Gasteiger partial charge is 0.465 e. The highest BCUT2D eigenvalue weighted by Crippen LogP contribution is 2.29. The number of nitrogens with one attached hydrogen (secondary N) is 2. The molecule has 2 heterocycles. The number of carbonyl (C=O) groups is 1. The summed E-state index contributed by atoms with van der Waals surface area (Å²) < 4.78 is 4.89. The van der Waals surface area contributed by atoms with E-state index in [2.05, 4.69) is 45.9 Å². The zero-order valence-electron chi connectivity index (χ0n) is 24.0. The van der Waals surface area contributed by atoms with Crippen molar-refractivity contribution < 1.29 is 9.53 Å². The number of esters is 1. The number of hydrogen-bond acceptors (Lipinski definition) is 6. The summed E-state index contributed by atoms with van der Waals surface area (Å²) in [6.45, 7) is 3.80. The van der Waals surface area contributed by atoms with Gasteiger partial charge in [-0.2, -0.15) is 0 Å². The lowest BCUT2D eigenvalue weighted by molar-refractivity contribution is 0.0601. The molecule has 2 N–H and O–H groups in total. The second-order valence-corrected chi connectivity index (χ2v) is 10.9. The number of halogens is 1. The van der Waals surface area contributed by atoms with Crippen molar-refractivity contribution in [1.82, 2.24) is 20.6 Å². The van der Waals surface area contributed by atoms with Gasteiger partial charge in [0.15, 0.2) is 0 Å². The summed E-state index contributed by atoms with van der Waals surface area (Å²) >= 11 is 6.54. The number of benzene rings is 3. The van der Waals surface area contributed by atoms with Gasteiger partial charge in [0.05, 0.1) is 18.2 Å². The number of carbonyl (C=O) groups excluding carboxylic acids is 1. The van der Waals surface area contributed by atoms with Gasteiger partial charge in [0.25, 0.3) is 0 Å². The molecule has 7 heteroatoms. The van der Waals surface area contributed by atoms with Crippen LogP contribution in [0, 0.1) is 0 Å². The molecular weight excluding hydrogens is 544 g/mol. The molecule has 0 bridgehead atoms. The molecular formula is C35H37ClN4O2. The summed E-state index contributed by atoms with van der Waals surface area (Å²) in [7, 11) is 1.39. The lowest BCUT2D eigenvalue weighted by Gasteiger charge is -2.11. The summed E-state index contributed by atoms with van der Waals surface area (Å²) in [6.07, 6.45) is 8.94. The first-order valence-electron chi connectivity index (χ1n) is 14.6. The Morgan fingerprint density at radius 1 is 0.833 bits per heavy atom. The van der Waals surface area contributed by atoms with Crippen molar-refractivity contribution in [3.8, 4) is 11.1 Å². The van der Waals surface area contributed by atoms with Gasteiger partial charge < -0.3 is 15.4 Å². The first-order chi connectivity index (χ1) is 20.6. The second-order valence-electron chi connectivity index (χ2n) is 10.5. The van der Waals surface area contributed by atoms with Crippen LogP contribution < -0.4 is 10.6 Å². The van der Waals surface area contributed by atoms with E-state index in [0.717, 1.165) is 102 Å². The van der Waals surface area contributed by atoms with Crippen molar-refractivity contribution in [1.29, 1.82) is 0 Å². The summed E-state index contributed by atoms with van der Waals surface area (Å²) in [5.74, 6) is -0.355. The van der Waals surface area contributed by atoms with E-state index in [1.807, 2.05) is 48.8 Å². The minimum atomic E-state index is -0.355. The molecule has 0 aliphatic carbocycles. The van der Waals surface area contributed by atoms with E-state index in [-0.39, 0.29) is 5.97 Å². The smallest absolute Gasteiger partial charge is 0.337 e. The molecule has 2 aromatic heterocycles. The molecule has 6 nitrogen and oxygen atoms in total. The Bertz CT molecular complexity index is 1640. The van der Waals surface area contributed by atoms with E-state index in [9.17, 15) is 4.79 Å². The number of ether oxygens (including phenoxy) is 1. The molecule has 216 valence electrons. The van der Waals surface area contributed by atoms with Crippen LogP contribution in [0.4, 0.5) is 0 Å². The van der Waals surface area contributed by atoms with Crippen LogP contribution in [0.3, 0.4) is 0 Å². The Morgan fingerprint density at radius 2 is 1.62 bits per heavy atom. The number of aryl methyl sites for hydroxylation is 1. The highest BCUT2D eigenvalue weighted by atomic mass is 35.5. The summed E-state index contributed by atoms with van der Waals surface area (Å²) in [5.41, 5.74) is 5.76. The molecule has 0 aliphatic heterocycles. The van der Waals surface area contributed by atoms with Crippen LogP contribution in [0.1, 0.15) is 47.3 Å². The zero-order valence-corrected chi connectivity index (χ0v) is 24.8. The van der Waals surface area contributed by atoms with E-state index in [1.165, 1.54) is 12.7 Å². The second kappa shape index (κ2) is 14.9. The van der Waals surface area contributed by atoms with Gasteiger partial charge in [-0.25, -0.2) is 4.79 Å². The molecule has 0 unspecified atom stereocenters. The van der Waals surface area contributed by atoms with Crippen LogP contribution >= 0.6 is 11.6 Å². The minimum Gasteiger partial charge on any atom is -0.465 e. The molecule has 5 aromatic rings. The van der Waals surface area contributed by atoms with Crippen molar-refractivity contribution in [2.45, 2.75) is 38.6 Å². The van der Waals surface area contributed by atoms with Crippen LogP contribution in [0.2, 0.25) is 5.02 Å². The Labute approximate surface area is 252 Å². The topological polar surface area (TPSA) is 76.1 Å². The van der Waals surface area contributed by atoms with E-state index >= 15 is 0 Å². The Morgan fingerprint density at radius 3 is 2.40 bits per heavy atom. The van der Waals surface area contributed by atoms with Crippen molar-refractivity contribution in [3.63, 3.8) is 0 Å². The lowest BCUT2D eigenvalue weighted by atomic mass is 10.0. The molecule has 0 spiro atoms. The lowest BCUT2D eigenvalue weighted by Crippen LogP contribution is -2.19. The van der Waals surface area contributed by atoms with Crippen LogP contribution in [-0.2, 0) is 17.7 Å². The van der Waals surface area contributed by atoms with Gasteiger partial charge in [0.1, 0.15) is 0 Å². The Hall–Kier alpha value is -3.84. The molecule has 5 rings (SSSR count). The summed E-state index contributed by atoms with van der Waals surface area (Å²) in [6, 6.07) is 24.1. The van der Waals surface area contributed by atoms with Gasteiger partial charge in [-0.05, 0) is 87.1 Å². The number of fused-ring (bicyclic) bond motifs is 3. The standard InChI is InChI=1S/C35H37ClN4O2/c1-42-35(41)27-13-15-29-31-24-39-20-16-30(31)33(40-34(29)22-27)11-5-6-17-37-18-7-8-19-38-23-25-12-14-28(32(36)21-25)26-9-3-2-4-10-26/h2-4,9-10,12-16,20-22,24,37-38H,5-8,11,17-19,23H2,1H3. The number of rotatable bonds is 14. The van der Waals surface area contributed by atoms with Crippen LogP contribution in [0.25, 0.3) is 32.8 Å². The zero-order chi connectivity index (χ0) is 29.1. The molecule has 0 amide bonds.